The average molecular weight is 385 g/mol. The van der Waals surface area contributed by atoms with E-state index in [0.29, 0.717) is 22.6 Å². The van der Waals surface area contributed by atoms with Gasteiger partial charge in [0.1, 0.15) is 11.8 Å². The Labute approximate surface area is 147 Å². The van der Waals surface area contributed by atoms with E-state index in [1.807, 2.05) is 0 Å². The van der Waals surface area contributed by atoms with Gasteiger partial charge in [0, 0.05) is 30.6 Å². The van der Waals surface area contributed by atoms with E-state index in [0.717, 1.165) is 9.99 Å². The molecule has 0 aliphatic rings. The van der Waals surface area contributed by atoms with Gasteiger partial charge in [0.25, 0.3) is 5.91 Å². The molecule has 0 unspecified atom stereocenters. The second-order valence-electron chi connectivity index (χ2n) is 5.10. The van der Waals surface area contributed by atoms with Crippen LogP contribution in [0, 0.1) is 11.3 Å². The van der Waals surface area contributed by atoms with Crippen LogP contribution in [0.25, 0.3) is 5.52 Å². The SMILES string of the molecule is COc1cc(N(C)C(=O)c2ccn3ncc(Br)c3c2)ccc1C#N. The van der Waals surface area contributed by atoms with Gasteiger partial charge in [-0.25, -0.2) is 4.52 Å². The molecule has 0 saturated heterocycles. The number of hydrogen-bond donors (Lipinski definition) is 0. The Morgan fingerprint density at radius 1 is 1.38 bits per heavy atom. The molecule has 0 fully saturated rings. The van der Waals surface area contributed by atoms with E-state index in [1.165, 1.54) is 12.0 Å². The second-order valence-corrected chi connectivity index (χ2v) is 5.95. The number of methoxy groups -OCH3 is 1. The van der Waals surface area contributed by atoms with Gasteiger partial charge in [0.05, 0.1) is 28.9 Å². The predicted octanol–water partition coefficient (Wildman–Crippen LogP) is 3.25. The minimum atomic E-state index is -0.169. The number of rotatable bonds is 3. The number of benzene rings is 1. The lowest BCUT2D eigenvalue weighted by Crippen LogP contribution is -2.26. The molecule has 2 aromatic heterocycles. The summed E-state index contributed by atoms with van der Waals surface area (Å²) in [6.07, 6.45) is 3.42. The Morgan fingerprint density at radius 2 is 2.17 bits per heavy atom. The summed E-state index contributed by atoms with van der Waals surface area (Å²) < 4.78 is 7.70. The quantitative estimate of drug-likeness (QED) is 0.694. The normalized spacial score (nSPS) is 10.4. The van der Waals surface area contributed by atoms with Gasteiger partial charge in [-0.15, -0.1) is 0 Å². The zero-order valence-corrected chi connectivity index (χ0v) is 14.6. The lowest BCUT2D eigenvalue weighted by atomic mass is 10.1. The number of amides is 1. The number of carbonyl (C=O) groups is 1. The summed E-state index contributed by atoms with van der Waals surface area (Å²) in [5.74, 6) is 0.265. The molecule has 0 radical (unpaired) electrons. The molecular weight excluding hydrogens is 372 g/mol. The molecular formula is C17H13BrN4O2. The highest BCUT2D eigenvalue weighted by Gasteiger charge is 2.16. The van der Waals surface area contributed by atoms with Crippen molar-refractivity contribution in [3.8, 4) is 11.8 Å². The van der Waals surface area contributed by atoms with Crippen LogP contribution in [0.2, 0.25) is 0 Å². The van der Waals surface area contributed by atoms with Crippen molar-refractivity contribution < 1.29 is 9.53 Å². The van der Waals surface area contributed by atoms with E-state index in [2.05, 4.69) is 27.1 Å². The van der Waals surface area contributed by atoms with Crippen molar-refractivity contribution in [3.63, 3.8) is 0 Å². The molecule has 0 N–H and O–H groups in total. The number of aromatic nitrogens is 2. The van der Waals surface area contributed by atoms with Gasteiger partial charge in [0.15, 0.2) is 0 Å². The van der Waals surface area contributed by atoms with Crippen molar-refractivity contribution in [1.82, 2.24) is 9.61 Å². The van der Waals surface area contributed by atoms with E-state index < -0.39 is 0 Å². The summed E-state index contributed by atoms with van der Waals surface area (Å²) in [4.78, 5) is 14.3. The van der Waals surface area contributed by atoms with Crippen molar-refractivity contribution >= 4 is 33.0 Å². The third-order valence-corrected chi connectivity index (χ3v) is 4.33. The number of halogens is 1. The standard InChI is InChI=1S/C17H13BrN4O2/c1-21(13-4-3-12(9-19)16(8-13)24-2)17(23)11-5-6-22-15(7-11)14(18)10-20-22/h3-8,10H,1-2H3. The van der Waals surface area contributed by atoms with Crippen LogP contribution in [-0.2, 0) is 0 Å². The third kappa shape index (κ3) is 2.72. The van der Waals surface area contributed by atoms with E-state index in [4.69, 9.17) is 10.00 Å². The fourth-order valence-electron chi connectivity index (χ4n) is 2.38. The molecule has 0 aliphatic carbocycles. The Balaban J connectivity index is 1.96. The fraction of sp³-hybridized carbons (Fsp3) is 0.118. The maximum atomic E-state index is 12.8. The van der Waals surface area contributed by atoms with Gasteiger partial charge in [-0.05, 0) is 40.2 Å². The first-order chi connectivity index (χ1) is 11.5. The molecule has 7 heteroatoms. The predicted molar refractivity (Wildman–Crippen MR) is 93.3 cm³/mol. The zero-order valence-electron chi connectivity index (χ0n) is 13.0. The van der Waals surface area contributed by atoms with Crippen molar-refractivity contribution in [2.24, 2.45) is 0 Å². The number of pyridine rings is 1. The Bertz CT molecular complexity index is 974. The number of nitrogens with zero attached hydrogens (tertiary/aromatic N) is 4. The first-order valence-electron chi connectivity index (χ1n) is 7.04. The molecule has 24 heavy (non-hydrogen) atoms. The van der Waals surface area contributed by atoms with Crippen molar-refractivity contribution in [2.75, 3.05) is 19.1 Å². The van der Waals surface area contributed by atoms with Gasteiger partial charge in [-0.2, -0.15) is 10.4 Å². The largest absolute Gasteiger partial charge is 0.495 e. The summed E-state index contributed by atoms with van der Waals surface area (Å²) in [5.41, 5.74) is 2.41. The van der Waals surface area contributed by atoms with Crippen LogP contribution in [0.5, 0.6) is 5.75 Å². The molecule has 3 aromatic rings. The molecule has 2 heterocycles. The van der Waals surface area contributed by atoms with Crippen molar-refractivity contribution in [3.05, 3.63) is 58.3 Å². The number of nitriles is 1. The molecule has 1 amide bonds. The minimum Gasteiger partial charge on any atom is -0.495 e. The Morgan fingerprint density at radius 3 is 2.88 bits per heavy atom. The topological polar surface area (TPSA) is 70.6 Å². The molecule has 0 atom stereocenters. The van der Waals surface area contributed by atoms with Crippen LogP contribution in [0.1, 0.15) is 15.9 Å². The monoisotopic (exact) mass is 384 g/mol. The van der Waals surface area contributed by atoms with Gasteiger partial charge in [-0.1, -0.05) is 0 Å². The van der Waals surface area contributed by atoms with E-state index in [1.54, 1.807) is 54.3 Å². The lowest BCUT2D eigenvalue weighted by Gasteiger charge is -2.18. The van der Waals surface area contributed by atoms with Crippen molar-refractivity contribution in [1.29, 1.82) is 5.26 Å². The maximum Gasteiger partial charge on any atom is 0.258 e. The van der Waals surface area contributed by atoms with Crippen LogP contribution in [0.3, 0.4) is 0 Å². The summed E-state index contributed by atoms with van der Waals surface area (Å²) in [6.45, 7) is 0. The van der Waals surface area contributed by atoms with E-state index >= 15 is 0 Å². The Hall–Kier alpha value is -2.85. The number of hydrogen-bond acceptors (Lipinski definition) is 4. The fourth-order valence-corrected chi connectivity index (χ4v) is 2.76. The smallest absolute Gasteiger partial charge is 0.258 e. The van der Waals surface area contributed by atoms with Crippen LogP contribution >= 0.6 is 15.9 Å². The highest BCUT2D eigenvalue weighted by Crippen LogP contribution is 2.26. The highest BCUT2D eigenvalue weighted by molar-refractivity contribution is 9.10. The van der Waals surface area contributed by atoms with Gasteiger partial charge < -0.3 is 9.64 Å². The molecule has 0 saturated carbocycles. The highest BCUT2D eigenvalue weighted by atomic mass is 79.9. The zero-order chi connectivity index (χ0) is 17.3. The molecule has 0 spiro atoms. The average Bonchev–Trinajstić information content (AvgIpc) is 3.00. The number of anilines is 1. The summed E-state index contributed by atoms with van der Waals surface area (Å²) in [7, 11) is 3.17. The molecule has 0 bridgehead atoms. The van der Waals surface area contributed by atoms with E-state index in [9.17, 15) is 4.79 Å². The first kappa shape index (κ1) is 16.0. The molecule has 0 aliphatic heterocycles. The number of fused-ring (bicyclic) bond motifs is 1. The number of ether oxygens (including phenoxy) is 1. The third-order valence-electron chi connectivity index (χ3n) is 3.72. The van der Waals surface area contributed by atoms with Gasteiger partial charge >= 0.3 is 0 Å². The van der Waals surface area contributed by atoms with Crippen LogP contribution < -0.4 is 9.64 Å². The van der Waals surface area contributed by atoms with Crippen LogP contribution in [0.4, 0.5) is 5.69 Å². The minimum absolute atomic E-state index is 0.169. The second kappa shape index (κ2) is 6.34. The van der Waals surface area contributed by atoms with Crippen LogP contribution in [-0.4, -0.2) is 29.7 Å². The lowest BCUT2D eigenvalue weighted by molar-refractivity contribution is 0.0993. The van der Waals surface area contributed by atoms with Crippen LogP contribution in [0.15, 0.2) is 47.2 Å². The summed E-state index contributed by atoms with van der Waals surface area (Å²) in [5, 5.41) is 13.2. The summed E-state index contributed by atoms with van der Waals surface area (Å²) >= 11 is 3.41. The maximum absolute atomic E-state index is 12.8. The molecule has 3 rings (SSSR count). The molecule has 6 nitrogen and oxygen atoms in total. The molecule has 1 aromatic carbocycles. The van der Waals surface area contributed by atoms with E-state index in [-0.39, 0.29) is 5.91 Å². The van der Waals surface area contributed by atoms with Gasteiger partial charge in [0.2, 0.25) is 0 Å². The van der Waals surface area contributed by atoms with Crippen molar-refractivity contribution in [2.45, 2.75) is 0 Å². The first-order valence-corrected chi connectivity index (χ1v) is 7.83. The molecule has 120 valence electrons. The Kier molecular flexibility index (Phi) is 4.23. The summed E-state index contributed by atoms with van der Waals surface area (Å²) in [6, 6.07) is 10.6. The number of carbonyl (C=O) groups excluding carboxylic acids is 1. The van der Waals surface area contributed by atoms with Gasteiger partial charge in [-0.3, -0.25) is 4.79 Å².